The zero-order valence-corrected chi connectivity index (χ0v) is 10.8. The minimum atomic E-state index is -4.41. The predicted molar refractivity (Wildman–Crippen MR) is 62.1 cm³/mol. The van der Waals surface area contributed by atoms with Gasteiger partial charge in [0.05, 0.1) is 18.8 Å². The Bertz CT molecular complexity index is 501. The van der Waals surface area contributed by atoms with E-state index in [2.05, 4.69) is 15.3 Å². The first-order valence-electron chi connectivity index (χ1n) is 5.37. The van der Waals surface area contributed by atoms with Crippen LogP contribution in [0.5, 0.6) is 0 Å². The van der Waals surface area contributed by atoms with Gasteiger partial charge in [-0.15, -0.1) is 0 Å². The lowest BCUT2D eigenvalue weighted by Crippen LogP contribution is -2.28. The highest BCUT2D eigenvalue weighted by Crippen LogP contribution is 2.18. The molecule has 0 aromatic carbocycles. The number of hydrogen-bond acceptors (Lipinski definition) is 5. The fraction of sp³-hybridized carbons (Fsp3) is 0.556. The van der Waals surface area contributed by atoms with Crippen LogP contribution in [0.1, 0.15) is 13.3 Å². The summed E-state index contributed by atoms with van der Waals surface area (Å²) in [6.07, 6.45) is -3.59. The Kier molecular flexibility index (Phi) is 5.06. The van der Waals surface area contributed by atoms with Crippen molar-refractivity contribution in [3.05, 3.63) is 12.4 Å². The van der Waals surface area contributed by atoms with Gasteiger partial charge in [-0.05, 0) is 6.92 Å². The van der Waals surface area contributed by atoms with Crippen molar-refractivity contribution in [1.29, 1.82) is 0 Å². The van der Waals surface area contributed by atoms with Crippen LogP contribution in [-0.4, -0.2) is 37.7 Å². The van der Waals surface area contributed by atoms with Crippen LogP contribution in [0.15, 0.2) is 17.3 Å². The molecule has 1 heterocycles. The fourth-order valence-electron chi connectivity index (χ4n) is 1.11. The van der Waals surface area contributed by atoms with Crippen molar-refractivity contribution in [1.82, 2.24) is 14.7 Å². The third kappa shape index (κ3) is 5.39. The Morgan fingerprint density at radius 1 is 1.26 bits per heavy atom. The van der Waals surface area contributed by atoms with Gasteiger partial charge in [0.15, 0.2) is 0 Å². The molecule has 0 aliphatic rings. The van der Waals surface area contributed by atoms with E-state index in [0.29, 0.717) is 6.54 Å². The van der Waals surface area contributed by atoms with Crippen LogP contribution in [0, 0.1) is 0 Å². The zero-order valence-electron chi connectivity index (χ0n) is 10.0. The second-order valence-electron chi connectivity index (χ2n) is 3.54. The summed E-state index contributed by atoms with van der Waals surface area (Å²) in [5, 5.41) is 2.76. The summed E-state index contributed by atoms with van der Waals surface area (Å²) in [5.41, 5.74) is 0. The topological polar surface area (TPSA) is 84.0 Å². The summed E-state index contributed by atoms with van der Waals surface area (Å²) in [7, 11) is -4.02. The van der Waals surface area contributed by atoms with Crippen molar-refractivity contribution in [2.24, 2.45) is 0 Å². The molecule has 0 saturated heterocycles. The lowest BCUT2D eigenvalue weighted by molar-refractivity contribution is -0.132. The lowest BCUT2D eigenvalue weighted by atomic mass is 10.4. The van der Waals surface area contributed by atoms with Gasteiger partial charge in [0, 0.05) is 13.1 Å². The standard InChI is InChI=1S/C9H13F3N4O2S/c1-2-13-8-14-5-7(6-15-8)19(17,18)16-4-3-9(10,11)12/h5-6,16H,2-4H2,1H3,(H,13,14,15). The molecule has 0 radical (unpaired) electrons. The van der Waals surface area contributed by atoms with E-state index < -0.39 is 29.2 Å². The number of halogens is 3. The van der Waals surface area contributed by atoms with Gasteiger partial charge in [-0.25, -0.2) is 23.1 Å². The van der Waals surface area contributed by atoms with Crippen molar-refractivity contribution >= 4 is 16.0 Å². The van der Waals surface area contributed by atoms with Crippen molar-refractivity contribution in [2.75, 3.05) is 18.4 Å². The molecule has 108 valence electrons. The first-order valence-corrected chi connectivity index (χ1v) is 6.85. The number of nitrogens with zero attached hydrogens (tertiary/aromatic N) is 2. The second kappa shape index (κ2) is 6.15. The highest BCUT2D eigenvalue weighted by molar-refractivity contribution is 7.89. The van der Waals surface area contributed by atoms with E-state index >= 15 is 0 Å². The van der Waals surface area contributed by atoms with Gasteiger partial charge in [0.25, 0.3) is 0 Å². The van der Waals surface area contributed by atoms with E-state index in [1.165, 1.54) is 0 Å². The van der Waals surface area contributed by atoms with Gasteiger partial charge < -0.3 is 5.32 Å². The van der Waals surface area contributed by atoms with Crippen LogP contribution in [0.4, 0.5) is 19.1 Å². The minimum Gasteiger partial charge on any atom is -0.355 e. The third-order valence-electron chi connectivity index (χ3n) is 1.97. The van der Waals surface area contributed by atoms with Gasteiger partial charge in [-0.3, -0.25) is 0 Å². The first-order chi connectivity index (χ1) is 8.74. The van der Waals surface area contributed by atoms with Crippen LogP contribution in [0.25, 0.3) is 0 Å². The van der Waals surface area contributed by atoms with E-state index in [1.54, 1.807) is 0 Å². The normalized spacial score (nSPS) is 12.4. The van der Waals surface area contributed by atoms with E-state index in [0.717, 1.165) is 12.4 Å². The monoisotopic (exact) mass is 298 g/mol. The highest BCUT2D eigenvalue weighted by atomic mass is 32.2. The van der Waals surface area contributed by atoms with Gasteiger partial charge in [0.2, 0.25) is 16.0 Å². The molecule has 19 heavy (non-hydrogen) atoms. The maximum Gasteiger partial charge on any atom is 0.390 e. The molecule has 1 aromatic rings. The first kappa shape index (κ1) is 15.6. The van der Waals surface area contributed by atoms with Gasteiger partial charge >= 0.3 is 6.18 Å². The summed E-state index contributed by atoms with van der Waals surface area (Å²) in [4.78, 5) is 7.17. The van der Waals surface area contributed by atoms with Crippen LogP contribution in [-0.2, 0) is 10.0 Å². The molecule has 0 saturated carbocycles. The molecule has 0 atom stereocenters. The van der Waals surface area contributed by atoms with Crippen LogP contribution in [0.2, 0.25) is 0 Å². The van der Waals surface area contributed by atoms with Crippen LogP contribution in [0.3, 0.4) is 0 Å². The Hall–Kier alpha value is -1.42. The smallest absolute Gasteiger partial charge is 0.355 e. The number of alkyl halides is 3. The molecule has 0 fully saturated rings. The van der Waals surface area contributed by atoms with E-state index in [9.17, 15) is 21.6 Å². The summed E-state index contributed by atoms with van der Waals surface area (Å²) in [6, 6.07) is 0. The maximum absolute atomic E-state index is 11.9. The molecular formula is C9H13F3N4O2S. The molecular weight excluding hydrogens is 285 g/mol. The summed E-state index contributed by atoms with van der Waals surface area (Å²) < 4.78 is 60.8. The van der Waals surface area contributed by atoms with Crippen LogP contribution >= 0.6 is 0 Å². The van der Waals surface area contributed by atoms with Gasteiger partial charge in [0.1, 0.15) is 4.90 Å². The Balaban J connectivity index is 2.67. The third-order valence-corrected chi connectivity index (χ3v) is 3.39. The predicted octanol–water partition coefficient (Wildman–Crippen LogP) is 1.14. The van der Waals surface area contributed by atoms with Crippen molar-refractivity contribution in [3.63, 3.8) is 0 Å². The zero-order chi connectivity index (χ0) is 14.5. The van der Waals surface area contributed by atoms with E-state index in [-0.39, 0.29) is 10.8 Å². The molecule has 0 bridgehead atoms. The molecule has 0 spiro atoms. The Labute approximate surface area is 108 Å². The van der Waals surface area contributed by atoms with Crippen molar-refractivity contribution in [3.8, 4) is 0 Å². The number of aromatic nitrogens is 2. The summed E-state index contributed by atoms with van der Waals surface area (Å²) in [5.74, 6) is 0.247. The molecule has 1 aromatic heterocycles. The Morgan fingerprint density at radius 3 is 2.32 bits per heavy atom. The van der Waals surface area contributed by atoms with E-state index in [1.807, 2.05) is 11.6 Å². The quantitative estimate of drug-likeness (QED) is 0.822. The Morgan fingerprint density at radius 2 is 1.84 bits per heavy atom. The lowest BCUT2D eigenvalue weighted by Gasteiger charge is -2.08. The SMILES string of the molecule is CCNc1ncc(S(=O)(=O)NCCC(F)(F)F)cn1. The van der Waals surface area contributed by atoms with Gasteiger partial charge in [-0.2, -0.15) is 13.2 Å². The van der Waals surface area contributed by atoms with Crippen LogP contribution < -0.4 is 10.0 Å². The number of sulfonamides is 1. The molecule has 0 amide bonds. The molecule has 2 N–H and O–H groups in total. The average molecular weight is 298 g/mol. The molecule has 0 aliphatic heterocycles. The molecule has 6 nitrogen and oxygen atoms in total. The molecule has 1 rings (SSSR count). The van der Waals surface area contributed by atoms with E-state index in [4.69, 9.17) is 0 Å². The van der Waals surface area contributed by atoms with Crippen molar-refractivity contribution in [2.45, 2.75) is 24.4 Å². The van der Waals surface area contributed by atoms with Gasteiger partial charge in [-0.1, -0.05) is 0 Å². The number of hydrogen-bond donors (Lipinski definition) is 2. The molecule has 0 aliphatic carbocycles. The highest BCUT2D eigenvalue weighted by Gasteiger charge is 2.27. The summed E-state index contributed by atoms with van der Waals surface area (Å²) in [6.45, 7) is 1.66. The molecule has 10 heteroatoms. The number of anilines is 1. The largest absolute Gasteiger partial charge is 0.390 e. The molecule has 0 unspecified atom stereocenters. The summed E-state index contributed by atoms with van der Waals surface area (Å²) >= 11 is 0. The second-order valence-corrected chi connectivity index (χ2v) is 5.30. The van der Waals surface area contributed by atoms with Crippen molar-refractivity contribution < 1.29 is 21.6 Å². The fourth-order valence-corrected chi connectivity index (χ4v) is 2.04. The number of rotatable bonds is 6. The maximum atomic E-state index is 11.9. The minimum absolute atomic E-state index is 0.247. The number of nitrogens with one attached hydrogen (secondary N) is 2. The average Bonchev–Trinajstić information content (AvgIpc) is 2.28.